The van der Waals surface area contributed by atoms with E-state index in [9.17, 15) is 0 Å². The molecule has 1 aromatic carbocycles. The minimum Gasteiger partial charge on any atom is -0.487 e. The van der Waals surface area contributed by atoms with Crippen molar-refractivity contribution >= 4 is 5.82 Å². The van der Waals surface area contributed by atoms with Gasteiger partial charge in [0.05, 0.1) is 11.4 Å². The molecular weight excluding hydrogens is 398 g/mol. The van der Waals surface area contributed by atoms with Crippen LogP contribution in [0.25, 0.3) is 0 Å². The Morgan fingerprint density at radius 3 is 2.75 bits per heavy atom. The van der Waals surface area contributed by atoms with E-state index in [1.165, 1.54) is 5.56 Å². The number of ether oxygens (including phenoxy) is 1. The summed E-state index contributed by atoms with van der Waals surface area (Å²) < 4.78 is 5.98. The molecule has 1 aliphatic heterocycles. The fraction of sp³-hybridized carbons (Fsp3) is 0.423. The van der Waals surface area contributed by atoms with Gasteiger partial charge in [0.2, 0.25) is 0 Å². The highest BCUT2D eigenvalue weighted by Gasteiger charge is 2.34. The number of benzene rings is 1. The lowest BCUT2D eigenvalue weighted by Crippen LogP contribution is -2.44. The SMILES string of the molecule is Cc1nc(N(C)C)cc([C@]2(C)CCCN(Cc3cccc(OCc4ccccn4)c3)C2)n1. The second kappa shape index (κ2) is 9.65. The van der Waals surface area contributed by atoms with Gasteiger partial charge in [-0.25, -0.2) is 9.97 Å². The summed E-state index contributed by atoms with van der Waals surface area (Å²) in [4.78, 5) is 18.3. The van der Waals surface area contributed by atoms with Crippen molar-refractivity contribution in [2.45, 2.75) is 45.3 Å². The molecule has 0 amide bonds. The zero-order valence-corrected chi connectivity index (χ0v) is 19.6. The van der Waals surface area contributed by atoms with Crippen LogP contribution in [-0.4, -0.2) is 47.0 Å². The molecule has 0 aliphatic carbocycles. The van der Waals surface area contributed by atoms with Crippen LogP contribution in [0.5, 0.6) is 5.75 Å². The summed E-state index contributed by atoms with van der Waals surface area (Å²) in [5.74, 6) is 2.70. The molecular formula is C26H33N5O. The molecule has 6 heteroatoms. The highest BCUT2D eigenvalue weighted by atomic mass is 16.5. The largest absolute Gasteiger partial charge is 0.487 e. The van der Waals surface area contributed by atoms with Gasteiger partial charge in [0, 0.05) is 44.9 Å². The van der Waals surface area contributed by atoms with E-state index in [2.05, 4.69) is 51.0 Å². The number of likely N-dealkylation sites (tertiary alicyclic amines) is 1. The first kappa shape index (κ1) is 22.2. The second-order valence-corrected chi connectivity index (χ2v) is 9.19. The summed E-state index contributed by atoms with van der Waals surface area (Å²) in [6.07, 6.45) is 4.09. The number of piperidine rings is 1. The third kappa shape index (κ3) is 5.43. The summed E-state index contributed by atoms with van der Waals surface area (Å²) in [6, 6.07) is 16.4. The van der Waals surface area contributed by atoms with Crippen LogP contribution in [0.4, 0.5) is 5.82 Å². The minimum absolute atomic E-state index is 0.0177. The predicted octanol–water partition coefficient (Wildman–Crippen LogP) is 4.38. The summed E-state index contributed by atoms with van der Waals surface area (Å²) in [7, 11) is 4.06. The van der Waals surface area contributed by atoms with E-state index in [1.807, 2.05) is 45.3 Å². The summed E-state index contributed by atoms with van der Waals surface area (Å²) in [5, 5.41) is 0. The third-order valence-electron chi connectivity index (χ3n) is 6.09. The van der Waals surface area contributed by atoms with Crippen molar-refractivity contribution in [3.63, 3.8) is 0 Å². The molecule has 1 saturated heterocycles. The molecule has 0 bridgehead atoms. The molecule has 0 radical (unpaired) electrons. The molecule has 1 fully saturated rings. The quantitative estimate of drug-likeness (QED) is 0.553. The number of anilines is 1. The van der Waals surface area contributed by atoms with E-state index >= 15 is 0 Å². The monoisotopic (exact) mass is 431 g/mol. The van der Waals surface area contributed by atoms with Gasteiger partial charge in [-0.1, -0.05) is 25.1 Å². The number of aryl methyl sites for hydroxylation is 1. The molecule has 0 N–H and O–H groups in total. The fourth-order valence-corrected chi connectivity index (χ4v) is 4.41. The Bertz CT molecular complexity index is 1040. The first-order valence-electron chi connectivity index (χ1n) is 11.3. The zero-order chi connectivity index (χ0) is 22.6. The highest BCUT2D eigenvalue weighted by molar-refractivity contribution is 5.40. The number of nitrogens with zero attached hydrogens (tertiary/aromatic N) is 5. The van der Waals surface area contributed by atoms with Gasteiger partial charge in [0.25, 0.3) is 0 Å². The third-order valence-corrected chi connectivity index (χ3v) is 6.09. The zero-order valence-electron chi connectivity index (χ0n) is 19.6. The first-order chi connectivity index (χ1) is 15.4. The first-order valence-corrected chi connectivity index (χ1v) is 11.3. The maximum absolute atomic E-state index is 5.98. The molecule has 0 unspecified atom stereocenters. The van der Waals surface area contributed by atoms with Crippen LogP contribution in [0.3, 0.4) is 0 Å². The molecule has 1 aliphatic rings. The number of aromatic nitrogens is 3. The molecule has 0 saturated carbocycles. The van der Waals surface area contributed by atoms with Crippen molar-refractivity contribution < 1.29 is 4.74 Å². The smallest absolute Gasteiger partial charge is 0.132 e. The summed E-state index contributed by atoms with van der Waals surface area (Å²) in [5.41, 5.74) is 3.36. The lowest BCUT2D eigenvalue weighted by atomic mass is 9.78. The van der Waals surface area contributed by atoms with Gasteiger partial charge in [0.1, 0.15) is 24.0 Å². The van der Waals surface area contributed by atoms with Crippen LogP contribution in [0.1, 0.15) is 42.5 Å². The normalized spacial score (nSPS) is 19.0. The Balaban J connectivity index is 1.44. The average molecular weight is 432 g/mol. The molecule has 32 heavy (non-hydrogen) atoms. The van der Waals surface area contributed by atoms with Gasteiger partial charge in [-0.15, -0.1) is 0 Å². The van der Waals surface area contributed by atoms with Gasteiger partial charge in [-0.2, -0.15) is 0 Å². The number of hydrogen-bond donors (Lipinski definition) is 0. The van der Waals surface area contributed by atoms with E-state index in [-0.39, 0.29) is 5.41 Å². The lowest BCUT2D eigenvalue weighted by molar-refractivity contribution is 0.147. The minimum atomic E-state index is 0.0177. The van der Waals surface area contributed by atoms with Crippen molar-refractivity contribution in [1.29, 1.82) is 0 Å². The Hall–Kier alpha value is -2.99. The van der Waals surface area contributed by atoms with E-state index < -0.39 is 0 Å². The van der Waals surface area contributed by atoms with Gasteiger partial charge in [-0.3, -0.25) is 9.88 Å². The molecule has 168 valence electrons. The molecule has 2 aromatic heterocycles. The standard InChI is InChI=1S/C26H33N5O/c1-20-28-24(16-25(29-20)30(3)4)26(2)12-8-14-31(19-26)17-21-9-7-11-23(15-21)32-18-22-10-5-6-13-27-22/h5-7,9-11,13,15-16H,8,12,14,17-19H2,1-4H3/t26-/m1/s1. The van der Waals surface area contributed by atoms with Crippen LogP contribution >= 0.6 is 0 Å². The maximum atomic E-state index is 5.98. The molecule has 4 rings (SSSR count). The van der Waals surface area contributed by atoms with Crippen LogP contribution in [0, 0.1) is 6.92 Å². The highest BCUT2D eigenvalue weighted by Crippen LogP contribution is 2.34. The number of pyridine rings is 1. The van der Waals surface area contributed by atoms with Crippen LogP contribution in [0.15, 0.2) is 54.7 Å². The molecule has 0 spiro atoms. The molecule has 6 nitrogen and oxygen atoms in total. The van der Waals surface area contributed by atoms with E-state index in [0.717, 1.165) is 61.3 Å². The van der Waals surface area contributed by atoms with E-state index in [4.69, 9.17) is 9.72 Å². The lowest BCUT2D eigenvalue weighted by Gasteiger charge is -2.40. The Kier molecular flexibility index (Phi) is 6.70. The maximum Gasteiger partial charge on any atom is 0.132 e. The Morgan fingerprint density at radius 2 is 1.97 bits per heavy atom. The van der Waals surface area contributed by atoms with Crippen LogP contribution < -0.4 is 9.64 Å². The molecule has 3 aromatic rings. The van der Waals surface area contributed by atoms with Gasteiger partial charge >= 0.3 is 0 Å². The molecule has 1 atom stereocenters. The van der Waals surface area contributed by atoms with Crippen LogP contribution in [0.2, 0.25) is 0 Å². The second-order valence-electron chi connectivity index (χ2n) is 9.19. The summed E-state index contributed by atoms with van der Waals surface area (Å²) >= 11 is 0. The number of rotatable bonds is 7. The van der Waals surface area contributed by atoms with Gasteiger partial charge in [0.15, 0.2) is 0 Å². The van der Waals surface area contributed by atoms with Crippen molar-refractivity contribution in [2.24, 2.45) is 0 Å². The van der Waals surface area contributed by atoms with Gasteiger partial charge < -0.3 is 9.64 Å². The van der Waals surface area contributed by atoms with Crippen LogP contribution in [-0.2, 0) is 18.6 Å². The van der Waals surface area contributed by atoms with Crippen molar-refractivity contribution in [2.75, 3.05) is 32.1 Å². The predicted molar refractivity (Wildman–Crippen MR) is 128 cm³/mol. The van der Waals surface area contributed by atoms with Gasteiger partial charge in [-0.05, 0) is 56.1 Å². The topological polar surface area (TPSA) is 54.4 Å². The number of hydrogen-bond acceptors (Lipinski definition) is 6. The van der Waals surface area contributed by atoms with Crippen molar-refractivity contribution in [3.8, 4) is 5.75 Å². The Labute approximate surface area is 191 Å². The summed E-state index contributed by atoms with van der Waals surface area (Å²) in [6.45, 7) is 7.78. The molecule has 3 heterocycles. The average Bonchev–Trinajstić information content (AvgIpc) is 2.78. The van der Waals surface area contributed by atoms with E-state index in [1.54, 1.807) is 6.20 Å². The van der Waals surface area contributed by atoms with Crippen molar-refractivity contribution in [3.05, 3.63) is 77.5 Å². The van der Waals surface area contributed by atoms with E-state index in [0.29, 0.717) is 6.61 Å². The van der Waals surface area contributed by atoms with Crippen molar-refractivity contribution in [1.82, 2.24) is 19.9 Å². The fourth-order valence-electron chi connectivity index (χ4n) is 4.41. The Morgan fingerprint density at radius 1 is 1.09 bits per heavy atom.